The largest absolute Gasteiger partial charge is 0.464 e. The number of esters is 1. The minimum atomic E-state index is -0.381. The normalized spacial score (nSPS) is 10.2. The van der Waals surface area contributed by atoms with E-state index in [9.17, 15) is 9.59 Å². The highest BCUT2D eigenvalue weighted by Crippen LogP contribution is 2.21. The van der Waals surface area contributed by atoms with E-state index in [1.807, 2.05) is 30.3 Å². The zero-order valence-electron chi connectivity index (χ0n) is 11.9. The van der Waals surface area contributed by atoms with E-state index in [4.69, 9.17) is 9.15 Å². The van der Waals surface area contributed by atoms with Gasteiger partial charge in [-0.15, -0.1) is 0 Å². The summed E-state index contributed by atoms with van der Waals surface area (Å²) in [5.41, 5.74) is 1.04. The lowest BCUT2D eigenvalue weighted by molar-refractivity contribution is -0.140. The molecule has 0 fully saturated rings. The SMILES string of the molecule is CC(=O)OCCNC(=O)c1nc(-c2ccccc2)oc1C. The highest BCUT2D eigenvalue weighted by Gasteiger charge is 2.17. The van der Waals surface area contributed by atoms with Crippen LogP contribution in [0.15, 0.2) is 34.7 Å². The molecule has 0 spiro atoms. The minimum Gasteiger partial charge on any atom is -0.464 e. The number of carbonyl (C=O) groups is 2. The van der Waals surface area contributed by atoms with E-state index < -0.39 is 0 Å². The van der Waals surface area contributed by atoms with E-state index in [2.05, 4.69) is 10.3 Å². The summed E-state index contributed by atoms with van der Waals surface area (Å²) in [5, 5.41) is 2.62. The number of aromatic nitrogens is 1. The van der Waals surface area contributed by atoms with Gasteiger partial charge in [-0.1, -0.05) is 18.2 Å². The van der Waals surface area contributed by atoms with Crippen LogP contribution in [0.25, 0.3) is 11.5 Å². The van der Waals surface area contributed by atoms with Gasteiger partial charge in [-0.25, -0.2) is 4.98 Å². The van der Waals surface area contributed by atoms with E-state index >= 15 is 0 Å². The predicted molar refractivity (Wildman–Crippen MR) is 75.6 cm³/mol. The van der Waals surface area contributed by atoms with Gasteiger partial charge in [-0.3, -0.25) is 9.59 Å². The summed E-state index contributed by atoms with van der Waals surface area (Å²) in [4.78, 5) is 26.8. The van der Waals surface area contributed by atoms with Crippen LogP contribution in [0.1, 0.15) is 23.2 Å². The first-order valence-electron chi connectivity index (χ1n) is 6.52. The smallest absolute Gasteiger partial charge is 0.302 e. The third-order valence-electron chi connectivity index (χ3n) is 2.73. The molecule has 0 bridgehead atoms. The van der Waals surface area contributed by atoms with Crippen LogP contribution in [-0.4, -0.2) is 30.0 Å². The molecule has 0 aliphatic heterocycles. The molecular weight excluding hydrogens is 272 g/mol. The first-order chi connectivity index (χ1) is 10.1. The van der Waals surface area contributed by atoms with Crippen LogP contribution in [-0.2, 0) is 9.53 Å². The predicted octanol–water partition coefficient (Wildman–Crippen LogP) is 1.94. The molecule has 0 aliphatic rings. The summed E-state index contributed by atoms with van der Waals surface area (Å²) in [6, 6.07) is 9.34. The molecule has 6 nitrogen and oxygen atoms in total. The first-order valence-corrected chi connectivity index (χ1v) is 6.52. The van der Waals surface area contributed by atoms with E-state index in [0.717, 1.165) is 5.56 Å². The van der Waals surface area contributed by atoms with Gasteiger partial charge in [0.25, 0.3) is 5.91 Å². The highest BCUT2D eigenvalue weighted by molar-refractivity contribution is 5.93. The Kier molecular flexibility index (Phi) is 4.71. The Morgan fingerprint density at radius 2 is 2.00 bits per heavy atom. The van der Waals surface area contributed by atoms with Crippen molar-refractivity contribution < 1.29 is 18.7 Å². The van der Waals surface area contributed by atoms with Crippen LogP contribution in [0, 0.1) is 6.92 Å². The zero-order valence-corrected chi connectivity index (χ0v) is 11.9. The highest BCUT2D eigenvalue weighted by atomic mass is 16.5. The summed E-state index contributed by atoms with van der Waals surface area (Å²) in [6.45, 7) is 3.35. The average molecular weight is 288 g/mol. The molecule has 6 heteroatoms. The summed E-state index contributed by atoms with van der Waals surface area (Å²) >= 11 is 0. The Bertz CT molecular complexity index is 634. The van der Waals surface area contributed by atoms with Gasteiger partial charge in [0.2, 0.25) is 5.89 Å². The van der Waals surface area contributed by atoms with Gasteiger partial charge in [0.1, 0.15) is 12.4 Å². The van der Waals surface area contributed by atoms with Crippen molar-refractivity contribution in [1.82, 2.24) is 10.3 Å². The summed E-state index contributed by atoms with van der Waals surface area (Å²) < 4.78 is 10.2. The number of aryl methyl sites for hydroxylation is 1. The molecule has 0 aliphatic carbocycles. The summed E-state index contributed by atoms with van der Waals surface area (Å²) in [6.07, 6.45) is 0. The van der Waals surface area contributed by atoms with Crippen molar-refractivity contribution in [2.75, 3.05) is 13.2 Å². The van der Waals surface area contributed by atoms with Crippen LogP contribution in [0.2, 0.25) is 0 Å². The Hall–Kier alpha value is -2.63. The first kappa shape index (κ1) is 14.8. The number of nitrogens with zero attached hydrogens (tertiary/aromatic N) is 1. The van der Waals surface area contributed by atoms with Crippen LogP contribution >= 0.6 is 0 Å². The van der Waals surface area contributed by atoms with Gasteiger partial charge < -0.3 is 14.5 Å². The number of amides is 1. The summed E-state index contributed by atoms with van der Waals surface area (Å²) in [7, 11) is 0. The molecule has 0 atom stereocenters. The van der Waals surface area contributed by atoms with Gasteiger partial charge in [0.15, 0.2) is 5.69 Å². The second kappa shape index (κ2) is 6.69. The van der Waals surface area contributed by atoms with Crippen molar-refractivity contribution in [3.8, 4) is 11.5 Å². The fourth-order valence-electron chi connectivity index (χ4n) is 1.75. The van der Waals surface area contributed by atoms with Crippen LogP contribution in [0.4, 0.5) is 0 Å². The van der Waals surface area contributed by atoms with Crippen molar-refractivity contribution in [2.45, 2.75) is 13.8 Å². The molecule has 0 saturated heterocycles. The molecule has 1 aromatic carbocycles. The Morgan fingerprint density at radius 1 is 1.29 bits per heavy atom. The van der Waals surface area contributed by atoms with Crippen molar-refractivity contribution in [3.05, 3.63) is 41.8 Å². The molecule has 1 amide bonds. The van der Waals surface area contributed by atoms with Gasteiger partial charge in [-0.05, 0) is 19.1 Å². The maximum atomic E-state index is 12.0. The number of oxazole rings is 1. The number of rotatable bonds is 5. The van der Waals surface area contributed by atoms with E-state index in [1.165, 1.54) is 6.92 Å². The fraction of sp³-hybridized carbons (Fsp3) is 0.267. The lowest BCUT2D eigenvalue weighted by Crippen LogP contribution is -2.28. The molecule has 0 radical (unpaired) electrons. The lowest BCUT2D eigenvalue weighted by atomic mass is 10.2. The monoisotopic (exact) mass is 288 g/mol. The van der Waals surface area contributed by atoms with Crippen molar-refractivity contribution in [1.29, 1.82) is 0 Å². The number of hydrogen-bond donors (Lipinski definition) is 1. The van der Waals surface area contributed by atoms with E-state index in [-0.39, 0.29) is 30.7 Å². The van der Waals surface area contributed by atoms with Crippen molar-refractivity contribution in [2.24, 2.45) is 0 Å². The molecule has 2 rings (SSSR count). The Balaban J connectivity index is 2.02. The van der Waals surface area contributed by atoms with Crippen molar-refractivity contribution in [3.63, 3.8) is 0 Å². The standard InChI is InChI=1S/C15H16N2O4/c1-10-13(14(19)16-8-9-20-11(2)18)17-15(21-10)12-6-4-3-5-7-12/h3-7H,8-9H2,1-2H3,(H,16,19). The van der Waals surface area contributed by atoms with Gasteiger partial charge in [0.05, 0.1) is 6.54 Å². The third-order valence-corrected chi connectivity index (χ3v) is 2.73. The van der Waals surface area contributed by atoms with Gasteiger partial charge in [0, 0.05) is 12.5 Å². The molecule has 1 heterocycles. The quantitative estimate of drug-likeness (QED) is 0.671. The number of benzene rings is 1. The molecule has 0 unspecified atom stereocenters. The third kappa shape index (κ3) is 3.92. The molecule has 1 aromatic heterocycles. The number of ether oxygens (including phenoxy) is 1. The Morgan fingerprint density at radius 3 is 2.67 bits per heavy atom. The van der Waals surface area contributed by atoms with Crippen LogP contribution in [0.5, 0.6) is 0 Å². The molecule has 2 aromatic rings. The summed E-state index contributed by atoms with van der Waals surface area (Å²) in [5.74, 6) is 0.107. The van der Waals surface area contributed by atoms with Gasteiger partial charge in [-0.2, -0.15) is 0 Å². The molecule has 0 saturated carbocycles. The number of hydrogen-bond acceptors (Lipinski definition) is 5. The van der Waals surface area contributed by atoms with Gasteiger partial charge >= 0.3 is 5.97 Å². The second-order valence-corrected chi connectivity index (χ2v) is 4.39. The topological polar surface area (TPSA) is 81.4 Å². The van der Waals surface area contributed by atoms with E-state index in [1.54, 1.807) is 6.92 Å². The fourth-order valence-corrected chi connectivity index (χ4v) is 1.75. The second-order valence-electron chi connectivity index (χ2n) is 4.39. The Labute approximate surface area is 122 Å². The van der Waals surface area contributed by atoms with Crippen LogP contribution < -0.4 is 5.32 Å². The maximum absolute atomic E-state index is 12.0. The maximum Gasteiger partial charge on any atom is 0.302 e. The lowest BCUT2D eigenvalue weighted by Gasteiger charge is -2.03. The van der Waals surface area contributed by atoms with E-state index in [0.29, 0.717) is 11.7 Å². The molecule has 110 valence electrons. The number of carbonyl (C=O) groups excluding carboxylic acids is 2. The van der Waals surface area contributed by atoms with Crippen LogP contribution in [0.3, 0.4) is 0 Å². The number of nitrogens with one attached hydrogen (secondary N) is 1. The zero-order chi connectivity index (χ0) is 15.2. The average Bonchev–Trinajstić information content (AvgIpc) is 2.86. The molecule has 1 N–H and O–H groups in total. The molecular formula is C15H16N2O4. The molecule has 21 heavy (non-hydrogen) atoms. The minimum absolute atomic E-state index is 0.128. The van der Waals surface area contributed by atoms with Crippen molar-refractivity contribution >= 4 is 11.9 Å².